The fourth-order valence-corrected chi connectivity index (χ4v) is 4.38. The van der Waals surface area contributed by atoms with E-state index in [4.69, 9.17) is 0 Å². The van der Waals surface area contributed by atoms with Crippen LogP contribution in [0.5, 0.6) is 0 Å². The highest BCUT2D eigenvalue weighted by molar-refractivity contribution is 5.98. The second-order valence-corrected chi connectivity index (χ2v) is 8.43. The van der Waals surface area contributed by atoms with Crippen LogP contribution in [0.1, 0.15) is 48.2 Å². The number of amides is 2. The number of hydrogen-bond donors (Lipinski definition) is 1. The van der Waals surface area contributed by atoms with Gasteiger partial charge in [0.05, 0.1) is 5.69 Å². The molecule has 0 bridgehead atoms. The SMILES string of the molecule is CC1C[C@H](NC(=O)c2nc(C3=CC(F)=CCC3F)n3c2CN(C)CCC3)C(=O)N1C. The fourth-order valence-electron chi connectivity index (χ4n) is 4.38. The molecule has 3 aliphatic rings. The molecule has 1 aromatic rings. The second kappa shape index (κ2) is 7.94. The number of carbonyl (C=O) groups is 2. The van der Waals surface area contributed by atoms with Crippen molar-refractivity contribution in [2.75, 3.05) is 20.6 Å². The molecule has 0 saturated carbocycles. The van der Waals surface area contributed by atoms with E-state index in [1.165, 1.54) is 6.08 Å². The van der Waals surface area contributed by atoms with Gasteiger partial charge >= 0.3 is 0 Å². The number of aromatic nitrogens is 2. The third-order valence-electron chi connectivity index (χ3n) is 6.23. The van der Waals surface area contributed by atoms with Gasteiger partial charge in [0.2, 0.25) is 5.91 Å². The Bertz CT molecular complexity index is 938. The van der Waals surface area contributed by atoms with Gasteiger partial charge in [-0.1, -0.05) is 0 Å². The van der Waals surface area contributed by atoms with Crippen LogP contribution in [0, 0.1) is 0 Å². The quantitative estimate of drug-likeness (QED) is 0.814. The number of nitrogens with one attached hydrogen (secondary N) is 1. The number of halogens is 2. The van der Waals surface area contributed by atoms with Crippen LogP contribution in [0.2, 0.25) is 0 Å². The molecule has 2 amide bonds. The number of carbonyl (C=O) groups excluding carboxylic acids is 2. The lowest BCUT2D eigenvalue weighted by Crippen LogP contribution is -2.41. The fraction of sp³-hybridized carbons (Fsp3) is 0.571. The van der Waals surface area contributed by atoms with Crippen molar-refractivity contribution >= 4 is 17.4 Å². The first-order chi connectivity index (χ1) is 14.3. The van der Waals surface area contributed by atoms with Crippen molar-refractivity contribution < 1.29 is 18.4 Å². The molecule has 162 valence electrons. The van der Waals surface area contributed by atoms with Crippen molar-refractivity contribution in [1.29, 1.82) is 0 Å². The third-order valence-corrected chi connectivity index (χ3v) is 6.23. The normalized spacial score (nSPS) is 27.4. The molecular formula is C21H27F2N5O2. The number of likely N-dealkylation sites (tertiary alicyclic amines) is 1. The molecular weight excluding hydrogens is 392 g/mol. The van der Waals surface area contributed by atoms with Crippen molar-refractivity contribution in [1.82, 2.24) is 24.7 Å². The summed E-state index contributed by atoms with van der Waals surface area (Å²) in [4.78, 5) is 33.7. The predicted molar refractivity (Wildman–Crippen MR) is 108 cm³/mol. The van der Waals surface area contributed by atoms with Crippen LogP contribution in [0.3, 0.4) is 0 Å². The van der Waals surface area contributed by atoms with Crippen molar-refractivity contribution in [2.45, 2.75) is 57.5 Å². The molecule has 0 aromatic carbocycles. The number of allylic oxidation sites excluding steroid dienone is 4. The maximum Gasteiger partial charge on any atom is 0.272 e. The van der Waals surface area contributed by atoms with Crippen molar-refractivity contribution in [2.24, 2.45) is 0 Å². The first kappa shape index (κ1) is 20.7. The molecule has 1 N–H and O–H groups in total. The molecule has 9 heteroatoms. The van der Waals surface area contributed by atoms with E-state index in [0.29, 0.717) is 31.0 Å². The van der Waals surface area contributed by atoms with Crippen LogP contribution >= 0.6 is 0 Å². The summed E-state index contributed by atoms with van der Waals surface area (Å²) in [6, 6.07) is -0.567. The summed E-state index contributed by atoms with van der Waals surface area (Å²) in [6.07, 6.45) is 2.28. The van der Waals surface area contributed by atoms with Crippen molar-refractivity contribution in [3.63, 3.8) is 0 Å². The van der Waals surface area contributed by atoms with Gasteiger partial charge in [0, 0.05) is 38.2 Å². The average Bonchev–Trinajstić information content (AvgIpc) is 3.07. The minimum Gasteiger partial charge on any atom is -0.341 e. The largest absolute Gasteiger partial charge is 0.341 e. The molecule has 4 rings (SSSR count). The Kier molecular flexibility index (Phi) is 5.48. The predicted octanol–water partition coefficient (Wildman–Crippen LogP) is 2.05. The van der Waals surface area contributed by atoms with E-state index in [1.807, 2.05) is 18.5 Å². The molecule has 1 saturated heterocycles. The lowest BCUT2D eigenvalue weighted by molar-refractivity contribution is -0.128. The van der Waals surface area contributed by atoms with Gasteiger partial charge < -0.3 is 19.7 Å². The van der Waals surface area contributed by atoms with Gasteiger partial charge in [-0.05, 0) is 45.5 Å². The maximum atomic E-state index is 14.6. The summed E-state index contributed by atoms with van der Waals surface area (Å²) in [7, 11) is 3.66. The highest BCUT2D eigenvalue weighted by Crippen LogP contribution is 2.32. The van der Waals surface area contributed by atoms with E-state index in [2.05, 4.69) is 15.2 Å². The number of hydrogen-bond acceptors (Lipinski definition) is 4. The average molecular weight is 419 g/mol. The van der Waals surface area contributed by atoms with E-state index in [-0.39, 0.29) is 29.6 Å². The molecule has 1 fully saturated rings. The Morgan fingerprint density at radius 2 is 2.07 bits per heavy atom. The molecule has 30 heavy (non-hydrogen) atoms. The zero-order chi connectivity index (χ0) is 21.6. The van der Waals surface area contributed by atoms with E-state index < -0.39 is 23.9 Å². The molecule has 2 unspecified atom stereocenters. The zero-order valence-corrected chi connectivity index (χ0v) is 17.5. The van der Waals surface area contributed by atoms with Crippen molar-refractivity contribution in [3.8, 4) is 0 Å². The number of likely N-dealkylation sites (N-methyl/N-ethyl adjacent to an activating group) is 1. The van der Waals surface area contributed by atoms with E-state index in [0.717, 1.165) is 19.0 Å². The lowest BCUT2D eigenvalue weighted by Gasteiger charge is -2.16. The molecule has 0 spiro atoms. The van der Waals surface area contributed by atoms with Gasteiger partial charge in [-0.15, -0.1) is 0 Å². The second-order valence-electron chi connectivity index (χ2n) is 8.43. The summed E-state index contributed by atoms with van der Waals surface area (Å²) < 4.78 is 30.3. The first-order valence-electron chi connectivity index (χ1n) is 10.3. The van der Waals surface area contributed by atoms with Gasteiger partial charge in [0.15, 0.2) is 5.69 Å². The molecule has 0 radical (unpaired) electrons. The van der Waals surface area contributed by atoms with Crippen LogP contribution in [-0.2, 0) is 17.9 Å². The molecule has 7 nitrogen and oxygen atoms in total. The Balaban J connectivity index is 1.71. The Morgan fingerprint density at radius 1 is 1.30 bits per heavy atom. The third kappa shape index (κ3) is 3.66. The summed E-state index contributed by atoms with van der Waals surface area (Å²) in [6.45, 7) is 3.77. The molecule has 1 aliphatic carbocycles. The van der Waals surface area contributed by atoms with Crippen LogP contribution in [0.15, 0.2) is 18.0 Å². The molecule has 3 heterocycles. The van der Waals surface area contributed by atoms with Gasteiger partial charge in [0.1, 0.15) is 23.9 Å². The summed E-state index contributed by atoms with van der Waals surface area (Å²) in [5.74, 6) is -0.792. The summed E-state index contributed by atoms with van der Waals surface area (Å²) in [5.41, 5.74) is 0.999. The Labute approximate surface area is 174 Å². The minimum absolute atomic E-state index is 0.0399. The van der Waals surface area contributed by atoms with E-state index in [1.54, 1.807) is 11.9 Å². The Morgan fingerprint density at radius 3 is 2.77 bits per heavy atom. The molecule has 3 atom stereocenters. The monoisotopic (exact) mass is 419 g/mol. The number of alkyl halides is 1. The van der Waals surface area contributed by atoms with Crippen LogP contribution in [-0.4, -0.2) is 70.1 Å². The van der Waals surface area contributed by atoms with Crippen LogP contribution in [0.4, 0.5) is 8.78 Å². The Hall–Kier alpha value is -2.55. The molecule has 2 aliphatic heterocycles. The van der Waals surface area contributed by atoms with Crippen LogP contribution in [0.25, 0.3) is 5.57 Å². The van der Waals surface area contributed by atoms with E-state index >= 15 is 0 Å². The van der Waals surface area contributed by atoms with Crippen LogP contribution < -0.4 is 5.32 Å². The number of fused-ring (bicyclic) bond motifs is 1. The van der Waals surface area contributed by atoms with Gasteiger partial charge in [-0.3, -0.25) is 9.59 Å². The number of imidazole rings is 1. The highest BCUT2D eigenvalue weighted by atomic mass is 19.1. The van der Waals surface area contributed by atoms with Gasteiger partial charge in [0.25, 0.3) is 5.91 Å². The number of rotatable bonds is 3. The minimum atomic E-state index is -1.38. The van der Waals surface area contributed by atoms with Gasteiger partial charge in [-0.2, -0.15) is 0 Å². The smallest absolute Gasteiger partial charge is 0.272 e. The van der Waals surface area contributed by atoms with E-state index in [9.17, 15) is 18.4 Å². The lowest BCUT2D eigenvalue weighted by atomic mass is 10.0. The maximum absolute atomic E-state index is 14.6. The van der Waals surface area contributed by atoms with Crippen molar-refractivity contribution in [3.05, 3.63) is 35.2 Å². The number of nitrogens with zero attached hydrogens (tertiary/aromatic N) is 4. The standard InChI is InChI=1S/C21H27F2N5O2/c1-12-9-16(21(30)27(12)3)24-20(29)18-17-11-26(2)7-4-8-28(17)19(25-18)14-10-13(22)5-6-15(14)23/h5,10,12,15-16H,4,6-9,11H2,1-3H3,(H,24,29)/t12?,15?,16-/m0/s1. The summed E-state index contributed by atoms with van der Waals surface area (Å²) >= 11 is 0. The topological polar surface area (TPSA) is 70.5 Å². The summed E-state index contributed by atoms with van der Waals surface area (Å²) in [5, 5.41) is 2.80. The molecule has 1 aromatic heterocycles. The zero-order valence-electron chi connectivity index (χ0n) is 17.5. The first-order valence-corrected chi connectivity index (χ1v) is 10.3. The van der Waals surface area contributed by atoms with Gasteiger partial charge in [-0.25, -0.2) is 13.8 Å². The highest BCUT2D eigenvalue weighted by Gasteiger charge is 2.37.